The molecular formula is C11H15NO. The summed E-state index contributed by atoms with van der Waals surface area (Å²) < 4.78 is 0. The Bertz CT molecular complexity index is 309. The normalized spacial score (nSPS) is 14.8. The number of likely N-dealkylation sites (N-methyl/N-ethyl adjacent to an activating group) is 1. The van der Waals surface area contributed by atoms with E-state index in [1.54, 1.807) is 0 Å². The number of nitrogens with zero attached hydrogens (tertiary/aromatic N) is 1. The van der Waals surface area contributed by atoms with Gasteiger partial charge >= 0.3 is 0 Å². The molecular weight excluding hydrogens is 162 g/mol. The van der Waals surface area contributed by atoms with E-state index in [-0.39, 0.29) is 6.61 Å². The second-order valence-corrected chi connectivity index (χ2v) is 3.40. The second kappa shape index (κ2) is 3.38. The smallest absolute Gasteiger partial charge is 0.0685 e. The Labute approximate surface area is 78.8 Å². The molecule has 2 nitrogen and oxygen atoms in total. The first-order chi connectivity index (χ1) is 6.36. The number of benzene rings is 1. The van der Waals surface area contributed by atoms with Crippen molar-refractivity contribution in [1.29, 1.82) is 0 Å². The highest BCUT2D eigenvalue weighted by molar-refractivity contribution is 5.60. The monoisotopic (exact) mass is 177 g/mol. The Balaban J connectivity index is 2.43. The van der Waals surface area contributed by atoms with Crippen molar-refractivity contribution < 1.29 is 5.11 Å². The van der Waals surface area contributed by atoms with E-state index in [0.717, 1.165) is 25.1 Å². The SMILES string of the molecule is CCN1CCc2c(CO)cccc21. The van der Waals surface area contributed by atoms with Crippen LogP contribution in [-0.2, 0) is 13.0 Å². The van der Waals surface area contributed by atoms with Crippen LogP contribution >= 0.6 is 0 Å². The van der Waals surface area contributed by atoms with Crippen molar-refractivity contribution >= 4 is 5.69 Å². The number of hydrogen-bond acceptors (Lipinski definition) is 2. The van der Waals surface area contributed by atoms with Gasteiger partial charge in [-0.1, -0.05) is 12.1 Å². The van der Waals surface area contributed by atoms with Gasteiger partial charge in [0.15, 0.2) is 0 Å². The van der Waals surface area contributed by atoms with Crippen LogP contribution in [0, 0.1) is 0 Å². The van der Waals surface area contributed by atoms with Gasteiger partial charge in [0.25, 0.3) is 0 Å². The summed E-state index contributed by atoms with van der Waals surface area (Å²) in [5, 5.41) is 9.14. The van der Waals surface area contributed by atoms with Crippen LogP contribution in [0.4, 0.5) is 5.69 Å². The quantitative estimate of drug-likeness (QED) is 0.741. The lowest BCUT2D eigenvalue weighted by atomic mass is 10.1. The Morgan fingerprint density at radius 1 is 1.46 bits per heavy atom. The maximum atomic E-state index is 9.14. The van der Waals surface area contributed by atoms with Crippen molar-refractivity contribution in [3.05, 3.63) is 29.3 Å². The predicted molar refractivity (Wildman–Crippen MR) is 54.0 cm³/mol. The molecule has 1 aromatic carbocycles. The minimum Gasteiger partial charge on any atom is -0.392 e. The molecule has 0 bridgehead atoms. The topological polar surface area (TPSA) is 23.5 Å². The third-order valence-corrected chi connectivity index (χ3v) is 2.77. The molecule has 2 rings (SSSR count). The van der Waals surface area contributed by atoms with Gasteiger partial charge in [0.2, 0.25) is 0 Å². The van der Waals surface area contributed by atoms with Gasteiger partial charge in [0.05, 0.1) is 6.61 Å². The molecule has 13 heavy (non-hydrogen) atoms. The first-order valence-electron chi connectivity index (χ1n) is 4.83. The molecule has 1 aromatic rings. The third-order valence-electron chi connectivity index (χ3n) is 2.77. The number of hydrogen-bond donors (Lipinski definition) is 1. The van der Waals surface area contributed by atoms with Crippen molar-refractivity contribution in [2.75, 3.05) is 18.0 Å². The van der Waals surface area contributed by atoms with Crippen LogP contribution in [0.2, 0.25) is 0 Å². The molecule has 1 aliphatic rings. The van der Waals surface area contributed by atoms with E-state index in [9.17, 15) is 0 Å². The summed E-state index contributed by atoms with van der Waals surface area (Å²) in [7, 11) is 0. The van der Waals surface area contributed by atoms with Gasteiger partial charge < -0.3 is 10.0 Å². The number of rotatable bonds is 2. The van der Waals surface area contributed by atoms with Crippen LogP contribution in [0.5, 0.6) is 0 Å². The van der Waals surface area contributed by atoms with Crippen molar-refractivity contribution in [3.63, 3.8) is 0 Å². The van der Waals surface area contributed by atoms with Crippen molar-refractivity contribution in [2.24, 2.45) is 0 Å². The summed E-state index contributed by atoms with van der Waals surface area (Å²) >= 11 is 0. The maximum Gasteiger partial charge on any atom is 0.0685 e. The van der Waals surface area contributed by atoms with Crippen LogP contribution in [0.25, 0.3) is 0 Å². The Morgan fingerprint density at radius 3 is 3.00 bits per heavy atom. The molecule has 0 saturated heterocycles. The molecule has 0 aromatic heterocycles. The summed E-state index contributed by atoms with van der Waals surface area (Å²) in [5.41, 5.74) is 3.74. The van der Waals surface area contributed by atoms with Crippen LogP contribution in [-0.4, -0.2) is 18.2 Å². The van der Waals surface area contributed by atoms with Gasteiger partial charge in [-0.05, 0) is 30.5 Å². The highest BCUT2D eigenvalue weighted by atomic mass is 16.3. The first-order valence-corrected chi connectivity index (χ1v) is 4.83. The van der Waals surface area contributed by atoms with E-state index in [4.69, 9.17) is 5.11 Å². The summed E-state index contributed by atoms with van der Waals surface area (Å²) in [5.74, 6) is 0. The molecule has 0 unspecified atom stereocenters. The largest absolute Gasteiger partial charge is 0.392 e. The predicted octanol–water partition coefficient (Wildman–Crippen LogP) is 1.56. The Hall–Kier alpha value is -1.02. The fraction of sp³-hybridized carbons (Fsp3) is 0.455. The second-order valence-electron chi connectivity index (χ2n) is 3.40. The molecule has 2 heteroatoms. The number of aliphatic hydroxyl groups is 1. The molecule has 0 fully saturated rings. The van der Waals surface area contributed by atoms with E-state index >= 15 is 0 Å². The fourth-order valence-electron chi connectivity index (χ4n) is 2.05. The van der Waals surface area contributed by atoms with E-state index < -0.39 is 0 Å². The minimum absolute atomic E-state index is 0.167. The Kier molecular flexibility index (Phi) is 2.23. The van der Waals surface area contributed by atoms with Gasteiger partial charge in [-0.2, -0.15) is 0 Å². The van der Waals surface area contributed by atoms with Crippen molar-refractivity contribution in [1.82, 2.24) is 0 Å². The lowest BCUT2D eigenvalue weighted by Gasteiger charge is -2.16. The molecule has 0 atom stereocenters. The average molecular weight is 177 g/mol. The molecule has 0 amide bonds. The molecule has 0 spiro atoms. The fourth-order valence-corrected chi connectivity index (χ4v) is 2.05. The highest BCUT2D eigenvalue weighted by Gasteiger charge is 2.19. The van der Waals surface area contributed by atoms with Crippen LogP contribution in [0.1, 0.15) is 18.1 Å². The van der Waals surface area contributed by atoms with Gasteiger partial charge in [0.1, 0.15) is 0 Å². The molecule has 1 N–H and O–H groups in total. The van der Waals surface area contributed by atoms with Gasteiger partial charge in [0, 0.05) is 18.8 Å². The summed E-state index contributed by atoms with van der Waals surface area (Å²) in [6.07, 6.45) is 1.08. The van der Waals surface area contributed by atoms with E-state index in [0.29, 0.717) is 0 Å². The highest BCUT2D eigenvalue weighted by Crippen LogP contribution is 2.30. The third kappa shape index (κ3) is 1.31. The average Bonchev–Trinajstić information content (AvgIpc) is 2.60. The van der Waals surface area contributed by atoms with Crippen LogP contribution in [0.3, 0.4) is 0 Å². The number of aliphatic hydroxyl groups excluding tert-OH is 1. The lowest BCUT2D eigenvalue weighted by Crippen LogP contribution is -2.18. The molecule has 0 aliphatic carbocycles. The maximum absolute atomic E-state index is 9.14. The Morgan fingerprint density at radius 2 is 2.31 bits per heavy atom. The lowest BCUT2D eigenvalue weighted by molar-refractivity contribution is 0.281. The summed E-state index contributed by atoms with van der Waals surface area (Å²) in [4.78, 5) is 2.36. The van der Waals surface area contributed by atoms with Gasteiger partial charge in [-0.15, -0.1) is 0 Å². The van der Waals surface area contributed by atoms with Crippen LogP contribution in [0.15, 0.2) is 18.2 Å². The van der Waals surface area contributed by atoms with Crippen LogP contribution < -0.4 is 4.90 Å². The summed E-state index contributed by atoms with van der Waals surface area (Å²) in [6, 6.07) is 6.18. The minimum atomic E-state index is 0.167. The molecule has 1 aliphatic heterocycles. The van der Waals surface area contributed by atoms with Gasteiger partial charge in [-0.3, -0.25) is 0 Å². The van der Waals surface area contributed by atoms with Gasteiger partial charge in [-0.25, -0.2) is 0 Å². The zero-order valence-electron chi connectivity index (χ0n) is 7.95. The number of fused-ring (bicyclic) bond motifs is 1. The first kappa shape index (κ1) is 8.57. The molecule has 0 saturated carbocycles. The zero-order valence-corrected chi connectivity index (χ0v) is 7.95. The molecule has 70 valence electrons. The molecule has 1 heterocycles. The number of anilines is 1. The zero-order chi connectivity index (χ0) is 9.26. The van der Waals surface area contributed by atoms with Crippen molar-refractivity contribution in [2.45, 2.75) is 20.0 Å². The van der Waals surface area contributed by atoms with E-state index in [2.05, 4.69) is 17.9 Å². The summed E-state index contributed by atoms with van der Waals surface area (Å²) in [6.45, 7) is 4.49. The standard InChI is InChI=1S/C11H15NO/c1-2-12-7-6-10-9(8-13)4-3-5-11(10)12/h3-5,13H,2,6-8H2,1H3. The van der Waals surface area contributed by atoms with E-state index in [1.807, 2.05) is 12.1 Å². The van der Waals surface area contributed by atoms with Crippen molar-refractivity contribution in [3.8, 4) is 0 Å². The van der Waals surface area contributed by atoms with E-state index in [1.165, 1.54) is 11.3 Å². The molecule has 0 radical (unpaired) electrons.